The van der Waals surface area contributed by atoms with E-state index in [4.69, 9.17) is 4.74 Å². The molecule has 5 unspecified atom stereocenters. The van der Waals surface area contributed by atoms with Gasteiger partial charge in [-0.3, -0.25) is 9.59 Å². The van der Waals surface area contributed by atoms with E-state index < -0.39 is 17.8 Å². The van der Waals surface area contributed by atoms with Crippen molar-refractivity contribution in [2.75, 3.05) is 7.11 Å². The third kappa shape index (κ3) is 2.95. The van der Waals surface area contributed by atoms with Gasteiger partial charge in [-0.25, -0.2) is 0 Å². The second-order valence-electron chi connectivity index (χ2n) is 6.46. The molecule has 1 fully saturated rings. The quantitative estimate of drug-likeness (QED) is 0.753. The van der Waals surface area contributed by atoms with Gasteiger partial charge >= 0.3 is 5.97 Å². The number of carboxylic acid groups (broad SMARTS) is 1. The van der Waals surface area contributed by atoms with Crippen LogP contribution in [0.2, 0.25) is 0 Å². The Kier molecular flexibility index (Phi) is 4.67. The molecular formula is C18H20BrNO4. The Balaban J connectivity index is 1.73. The molecule has 0 heterocycles. The Morgan fingerprint density at radius 1 is 1.29 bits per heavy atom. The average Bonchev–Trinajstić information content (AvgIpc) is 3.15. The van der Waals surface area contributed by atoms with Crippen molar-refractivity contribution in [2.45, 2.75) is 19.4 Å². The van der Waals surface area contributed by atoms with Crippen LogP contribution in [-0.4, -0.2) is 24.1 Å². The number of ether oxygens (including phenoxy) is 1. The van der Waals surface area contributed by atoms with Gasteiger partial charge in [-0.2, -0.15) is 0 Å². The molecule has 1 saturated carbocycles. The minimum atomic E-state index is -0.883. The summed E-state index contributed by atoms with van der Waals surface area (Å²) in [6.45, 7) is 1.89. The predicted octanol–water partition coefficient (Wildman–Crippen LogP) is 3.16. The van der Waals surface area contributed by atoms with Crippen molar-refractivity contribution in [3.05, 3.63) is 40.4 Å². The summed E-state index contributed by atoms with van der Waals surface area (Å²) in [4.78, 5) is 24.2. The monoisotopic (exact) mass is 393 g/mol. The van der Waals surface area contributed by atoms with Gasteiger partial charge in [-0.1, -0.05) is 18.2 Å². The molecule has 2 N–H and O–H groups in total. The van der Waals surface area contributed by atoms with Gasteiger partial charge in [0, 0.05) is 0 Å². The lowest BCUT2D eigenvalue weighted by Gasteiger charge is -2.26. The zero-order chi connectivity index (χ0) is 17.4. The van der Waals surface area contributed by atoms with E-state index in [9.17, 15) is 14.7 Å². The molecule has 6 heteroatoms. The number of rotatable bonds is 5. The maximum Gasteiger partial charge on any atom is 0.307 e. The zero-order valence-corrected chi connectivity index (χ0v) is 15.1. The highest BCUT2D eigenvalue weighted by Crippen LogP contribution is 2.48. The lowest BCUT2D eigenvalue weighted by atomic mass is 9.82. The van der Waals surface area contributed by atoms with Gasteiger partial charge in [-0.15, -0.1) is 0 Å². The molecule has 5 nitrogen and oxygen atoms in total. The molecule has 0 saturated heterocycles. The summed E-state index contributed by atoms with van der Waals surface area (Å²) < 4.78 is 6.02. The van der Waals surface area contributed by atoms with Crippen LogP contribution in [0.25, 0.3) is 0 Å². The molecule has 128 valence electrons. The van der Waals surface area contributed by atoms with Crippen LogP contribution in [0.5, 0.6) is 5.75 Å². The van der Waals surface area contributed by atoms with Crippen molar-refractivity contribution < 1.29 is 19.4 Å². The Morgan fingerprint density at radius 3 is 2.54 bits per heavy atom. The van der Waals surface area contributed by atoms with Crippen LogP contribution in [0.15, 0.2) is 34.8 Å². The molecule has 3 rings (SSSR count). The highest BCUT2D eigenvalue weighted by atomic mass is 79.9. The summed E-state index contributed by atoms with van der Waals surface area (Å²) in [5, 5.41) is 12.4. The molecule has 1 aromatic rings. The van der Waals surface area contributed by atoms with Crippen LogP contribution < -0.4 is 10.1 Å². The van der Waals surface area contributed by atoms with Crippen molar-refractivity contribution in [1.29, 1.82) is 0 Å². The minimum absolute atomic E-state index is 0.0197. The van der Waals surface area contributed by atoms with E-state index in [0.29, 0.717) is 0 Å². The van der Waals surface area contributed by atoms with E-state index in [1.165, 1.54) is 0 Å². The first kappa shape index (κ1) is 17.0. The number of allylic oxidation sites excluding steroid dienone is 2. The summed E-state index contributed by atoms with van der Waals surface area (Å²) in [5.74, 6) is -1.43. The first-order chi connectivity index (χ1) is 11.4. The maximum atomic E-state index is 12.7. The number of methoxy groups -OCH3 is 1. The number of fused-ring (bicyclic) bond motifs is 2. The van der Waals surface area contributed by atoms with E-state index in [-0.39, 0.29) is 23.8 Å². The summed E-state index contributed by atoms with van der Waals surface area (Å²) in [7, 11) is 1.60. The van der Waals surface area contributed by atoms with Crippen molar-refractivity contribution >= 4 is 27.8 Å². The number of hydrogen-bond donors (Lipinski definition) is 2. The normalized spacial score (nSPS) is 28.6. The Bertz CT molecular complexity index is 702. The van der Waals surface area contributed by atoms with E-state index in [1.54, 1.807) is 7.11 Å². The number of carbonyl (C=O) groups is 2. The fourth-order valence-corrected chi connectivity index (χ4v) is 4.42. The first-order valence-corrected chi connectivity index (χ1v) is 8.76. The molecule has 24 heavy (non-hydrogen) atoms. The molecule has 0 spiro atoms. The average molecular weight is 394 g/mol. The third-order valence-electron chi connectivity index (χ3n) is 5.08. The topological polar surface area (TPSA) is 75.6 Å². The molecular weight excluding hydrogens is 374 g/mol. The highest BCUT2D eigenvalue weighted by molar-refractivity contribution is 9.10. The van der Waals surface area contributed by atoms with Crippen LogP contribution in [0.1, 0.15) is 24.9 Å². The van der Waals surface area contributed by atoms with Crippen LogP contribution in [0, 0.1) is 23.7 Å². The highest BCUT2D eigenvalue weighted by Gasteiger charge is 2.51. The lowest BCUT2D eigenvalue weighted by Crippen LogP contribution is -2.41. The van der Waals surface area contributed by atoms with E-state index in [0.717, 1.165) is 22.2 Å². The summed E-state index contributed by atoms with van der Waals surface area (Å²) in [5.41, 5.74) is 0.932. The number of carboxylic acids is 1. The summed E-state index contributed by atoms with van der Waals surface area (Å²) >= 11 is 3.44. The van der Waals surface area contributed by atoms with Gasteiger partial charge < -0.3 is 15.2 Å². The molecule has 1 amide bonds. The predicted molar refractivity (Wildman–Crippen MR) is 92.6 cm³/mol. The number of nitrogens with one attached hydrogen (secondary N) is 1. The van der Waals surface area contributed by atoms with E-state index >= 15 is 0 Å². The number of benzene rings is 1. The standard InChI is InChI=1S/C18H20BrNO4/c1-9(10-5-6-14(24-2)13(19)8-10)20-17(21)15-11-3-4-12(7-11)16(15)18(22)23/h3-6,8-9,11-12,15-16H,7H2,1-2H3,(H,20,21)(H,22,23). The fraction of sp³-hybridized carbons (Fsp3) is 0.444. The van der Waals surface area contributed by atoms with Crippen LogP contribution in [0.4, 0.5) is 0 Å². The molecule has 2 aliphatic carbocycles. The number of aliphatic carboxylic acids is 1. The van der Waals surface area contributed by atoms with Gasteiger partial charge in [0.15, 0.2) is 0 Å². The van der Waals surface area contributed by atoms with Crippen molar-refractivity contribution in [1.82, 2.24) is 5.32 Å². The number of halogens is 1. The van der Waals surface area contributed by atoms with Crippen molar-refractivity contribution in [2.24, 2.45) is 23.7 Å². The second kappa shape index (κ2) is 6.59. The minimum Gasteiger partial charge on any atom is -0.496 e. The van der Waals surface area contributed by atoms with Gasteiger partial charge in [-0.05, 0) is 58.8 Å². The van der Waals surface area contributed by atoms with Gasteiger partial charge in [0.1, 0.15) is 5.75 Å². The van der Waals surface area contributed by atoms with E-state index in [1.807, 2.05) is 37.3 Å². The number of carbonyl (C=O) groups excluding carboxylic acids is 1. The molecule has 0 radical (unpaired) electrons. The largest absolute Gasteiger partial charge is 0.496 e. The Labute approximate surface area is 149 Å². The molecule has 2 aliphatic rings. The van der Waals surface area contributed by atoms with Gasteiger partial charge in [0.05, 0.1) is 29.5 Å². The Morgan fingerprint density at radius 2 is 1.96 bits per heavy atom. The van der Waals surface area contributed by atoms with Crippen LogP contribution in [0.3, 0.4) is 0 Å². The summed E-state index contributed by atoms with van der Waals surface area (Å²) in [6.07, 6.45) is 4.69. The van der Waals surface area contributed by atoms with Crippen LogP contribution in [-0.2, 0) is 9.59 Å². The zero-order valence-electron chi connectivity index (χ0n) is 13.5. The fourth-order valence-electron chi connectivity index (χ4n) is 3.86. The van der Waals surface area contributed by atoms with Crippen molar-refractivity contribution in [3.8, 4) is 5.75 Å². The number of hydrogen-bond acceptors (Lipinski definition) is 3. The van der Waals surface area contributed by atoms with Gasteiger partial charge in [0.25, 0.3) is 0 Å². The molecule has 5 atom stereocenters. The van der Waals surface area contributed by atoms with Crippen molar-refractivity contribution in [3.63, 3.8) is 0 Å². The number of amides is 1. The molecule has 2 bridgehead atoms. The molecule has 0 aromatic heterocycles. The van der Waals surface area contributed by atoms with Gasteiger partial charge in [0.2, 0.25) is 5.91 Å². The third-order valence-corrected chi connectivity index (χ3v) is 5.70. The van der Waals surface area contributed by atoms with Crippen LogP contribution >= 0.6 is 15.9 Å². The molecule has 1 aromatic carbocycles. The smallest absolute Gasteiger partial charge is 0.307 e. The second-order valence-corrected chi connectivity index (χ2v) is 7.32. The first-order valence-electron chi connectivity index (χ1n) is 7.97. The Hall–Kier alpha value is -1.82. The van der Waals surface area contributed by atoms with E-state index in [2.05, 4.69) is 21.2 Å². The SMILES string of the molecule is COc1ccc(C(C)NC(=O)C2C3C=CC(C3)C2C(=O)O)cc1Br. The summed E-state index contributed by atoms with van der Waals surface area (Å²) in [6, 6.07) is 5.42. The molecule has 0 aliphatic heterocycles. The lowest BCUT2D eigenvalue weighted by molar-refractivity contribution is -0.148. The maximum absolute atomic E-state index is 12.7.